The van der Waals surface area contributed by atoms with Crippen LogP contribution in [0.5, 0.6) is 5.75 Å². The Morgan fingerprint density at radius 3 is 2.56 bits per heavy atom. The largest absolute Gasteiger partial charge is 0.507 e. The van der Waals surface area contributed by atoms with Gasteiger partial charge in [0, 0.05) is 11.1 Å². The van der Waals surface area contributed by atoms with Crippen LogP contribution in [0.1, 0.15) is 0 Å². The molecular weight excluding hydrogens is 230 g/mol. The highest BCUT2D eigenvalue weighted by atomic mass is 32.2. The fourth-order valence-corrected chi connectivity index (χ4v) is 1.92. The fourth-order valence-electron chi connectivity index (χ4n) is 1.42. The zero-order valence-corrected chi connectivity index (χ0v) is 8.82. The summed E-state index contributed by atoms with van der Waals surface area (Å²) < 4.78 is 30.6. The van der Waals surface area contributed by atoms with Gasteiger partial charge in [-0.2, -0.15) is 8.42 Å². The van der Waals surface area contributed by atoms with Gasteiger partial charge in [-0.05, 0) is 29.7 Å². The molecule has 2 aromatic carbocycles. The Morgan fingerprint density at radius 1 is 1.25 bits per heavy atom. The zero-order chi connectivity index (χ0) is 11.9. The van der Waals surface area contributed by atoms with Crippen molar-refractivity contribution >= 4 is 26.6 Å². The normalized spacial score (nSPS) is 11.8. The van der Waals surface area contributed by atoms with Gasteiger partial charge in [0.15, 0.2) is 0 Å². The highest BCUT2D eigenvalue weighted by molar-refractivity contribution is 7.85. The Bertz CT molecular complexity index is 664. The Hall–Kier alpha value is -1.79. The van der Waals surface area contributed by atoms with Crippen molar-refractivity contribution in [2.45, 2.75) is 4.90 Å². The summed E-state index contributed by atoms with van der Waals surface area (Å²) in [7, 11) is -4.39. The quantitative estimate of drug-likeness (QED) is 0.511. The van der Waals surface area contributed by atoms with Crippen LogP contribution in [0.15, 0.2) is 29.2 Å². The number of benzene rings is 2. The van der Waals surface area contributed by atoms with Crippen LogP contribution in [0.2, 0.25) is 0 Å². The van der Waals surface area contributed by atoms with Crippen LogP contribution in [0.3, 0.4) is 0 Å². The summed E-state index contributed by atoms with van der Waals surface area (Å²) in [5, 5.41) is 10.4. The standard InChI is InChI=1S/C10H8NO4S/c11-7-1-2-9-6(3-7)4-8(5-10(9)12)16(13,14)15/h1-4,12H,11H2,(H,13,14,15). The molecule has 5 nitrogen and oxygen atoms in total. The number of phenolic OH excluding ortho intramolecular Hbond substituents is 1. The molecule has 0 aliphatic carbocycles. The molecule has 4 N–H and O–H groups in total. The van der Waals surface area contributed by atoms with Crippen LogP contribution in [-0.2, 0) is 10.1 Å². The molecule has 0 aromatic heterocycles. The van der Waals surface area contributed by atoms with E-state index < -0.39 is 15.0 Å². The number of rotatable bonds is 1. The topological polar surface area (TPSA) is 101 Å². The summed E-state index contributed by atoms with van der Waals surface area (Å²) >= 11 is 0. The third-order valence-corrected chi connectivity index (χ3v) is 2.91. The van der Waals surface area contributed by atoms with Crippen LogP contribution in [-0.4, -0.2) is 18.1 Å². The highest BCUT2D eigenvalue weighted by Crippen LogP contribution is 2.29. The summed E-state index contributed by atoms with van der Waals surface area (Å²) in [5.74, 6) is -0.342. The van der Waals surface area contributed by atoms with Gasteiger partial charge in [0.1, 0.15) is 10.6 Å². The minimum atomic E-state index is -4.39. The summed E-state index contributed by atoms with van der Waals surface area (Å²) in [6.45, 7) is 0. The maximum atomic E-state index is 10.9. The van der Waals surface area contributed by atoms with Gasteiger partial charge >= 0.3 is 0 Å². The van der Waals surface area contributed by atoms with Crippen LogP contribution < -0.4 is 5.73 Å². The first-order valence-corrected chi connectivity index (χ1v) is 5.74. The molecule has 0 aliphatic heterocycles. The second-order valence-corrected chi connectivity index (χ2v) is 4.69. The Kier molecular flexibility index (Phi) is 2.25. The second kappa shape index (κ2) is 3.36. The molecule has 2 rings (SSSR count). The summed E-state index contributed by atoms with van der Waals surface area (Å²) in [6, 6.07) is 8.00. The lowest BCUT2D eigenvalue weighted by Gasteiger charge is -2.04. The van der Waals surface area contributed by atoms with Gasteiger partial charge in [0.2, 0.25) is 0 Å². The minimum absolute atomic E-state index is 0.342. The summed E-state index contributed by atoms with van der Waals surface area (Å²) in [5.41, 5.74) is 5.96. The number of hydrogen-bond donors (Lipinski definition) is 3. The van der Waals surface area contributed by atoms with Crippen molar-refractivity contribution in [3.8, 4) is 5.75 Å². The molecule has 0 heterocycles. The monoisotopic (exact) mass is 238 g/mol. The van der Waals surface area contributed by atoms with E-state index in [-0.39, 0.29) is 5.75 Å². The predicted octanol–water partition coefficient (Wildman–Crippen LogP) is 1.17. The average Bonchev–Trinajstić information content (AvgIpc) is 2.15. The van der Waals surface area contributed by atoms with Gasteiger partial charge in [-0.3, -0.25) is 4.55 Å². The number of fused-ring (bicyclic) bond motifs is 1. The number of hydrogen-bond acceptors (Lipinski definition) is 4. The Labute approximate surface area is 91.9 Å². The van der Waals surface area contributed by atoms with Crippen molar-refractivity contribution in [3.05, 3.63) is 30.3 Å². The SMILES string of the molecule is Nc1ccc2c(O)[c]c(S(=O)(=O)O)cc2c1. The predicted molar refractivity (Wildman–Crippen MR) is 58.7 cm³/mol. The van der Waals surface area contributed by atoms with Crippen molar-refractivity contribution in [2.24, 2.45) is 0 Å². The number of nitrogens with two attached hydrogens (primary N) is 1. The molecule has 0 aliphatic rings. The molecular formula is C10H8NO4S. The zero-order valence-electron chi connectivity index (χ0n) is 8.01. The second-order valence-electron chi connectivity index (χ2n) is 3.30. The third kappa shape index (κ3) is 1.80. The van der Waals surface area contributed by atoms with Gasteiger partial charge in [-0.25, -0.2) is 0 Å². The lowest BCUT2D eigenvalue weighted by Crippen LogP contribution is -1.98. The lowest BCUT2D eigenvalue weighted by molar-refractivity contribution is 0.469. The average molecular weight is 238 g/mol. The molecule has 16 heavy (non-hydrogen) atoms. The first-order valence-electron chi connectivity index (χ1n) is 4.30. The smallest absolute Gasteiger partial charge is 0.295 e. The van der Waals surface area contributed by atoms with Gasteiger partial charge in [-0.1, -0.05) is 0 Å². The van der Waals surface area contributed by atoms with Crippen molar-refractivity contribution in [2.75, 3.05) is 5.73 Å². The Balaban J connectivity index is 2.85. The molecule has 1 radical (unpaired) electrons. The third-order valence-electron chi connectivity index (χ3n) is 2.14. The molecule has 0 amide bonds. The van der Waals surface area contributed by atoms with Crippen LogP contribution in [0, 0.1) is 6.07 Å². The van der Waals surface area contributed by atoms with Crippen molar-refractivity contribution < 1.29 is 18.1 Å². The molecule has 0 unspecified atom stereocenters. The molecule has 6 heteroatoms. The van der Waals surface area contributed by atoms with Crippen LogP contribution in [0.4, 0.5) is 5.69 Å². The number of nitrogen functional groups attached to an aromatic ring is 1. The fraction of sp³-hybridized carbons (Fsp3) is 0. The van der Waals surface area contributed by atoms with Crippen molar-refractivity contribution in [1.82, 2.24) is 0 Å². The van der Waals surface area contributed by atoms with E-state index in [4.69, 9.17) is 10.3 Å². The van der Waals surface area contributed by atoms with E-state index in [1.54, 1.807) is 12.1 Å². The number of anilines is 1. The summed E-state index contributed by atoms with van der Waals surface area (Å²) in [4.78, 5) is -0.483. The molecule has 0 spiro atoms. The lowest BCUT2D eigenvalue weighted by atomic mass is 10.1. The molecule has 0 bridgehead atoms. The molecule has 0 saturated carbocycles. The minimum Gasteiger partial charge on any atom is -0.507 e. The molecule has 0 saturated heterocycles. The van der Waals surface area contributed by atoms with Gasteiger partial charge in [-0.15, -0.1) is 0 Å². The van der Waals surface area contributed by atoms with E-state index >= 15 is 0 Å². The molecule has 0 atom stereocenters. The van der Waals surface area contributed by atoms with Gasteiger partial charge in [0.05, 0.1) is 6.07 Å². The number of phenols is 1. The van der Waals surface area contributed by atoms with E-state index in [1.807, 2.05) is 0 Å². The molecule has 83 valence electrons. The van der Waals surface area contributed by atoms with E-state index in [0.29, 0.717) is 16.5 Å². The van der Waals surface area contributed by atoms with Crippen LogP contribution in [0.25, 0.3) is 10.8 Å². The van der Waals surface area contributed by atoms with Gasteiger partial charge in [0.25, 0.3) is 10.1 Å². The number of aromatic hydroxyl groups is 1. The van der Waals surface area contributed by atoms with Crippen molar-refractivity contribution in [1.29, 1.82) is 0 Å². The van der Waals surface area contributed by atoms with Crippen molar-refractivity contribution in [3.63, 3.8) is 0 Å². The van der Waals surface area contributed by atoms with Crippen LogP contribution >= 0.6 is 0 Å². The van der Waals surface area contributed by atoms with Gasteiger partial charge < -0.3 is 10.8 Å². The molecule has 2 aromatic rings. The first-order chi connectivity index (χ1) is 7.38. The highest BCUT2D eigenvalue weighted by Gasteiger charge is 2.13. The van der Waals surface area contributed by atoms with E-state index in [0.717, 1.165) is 0 Å². The van der Waals surface area contributed by atoms with E-state index in [1.165, 1.54) is 12.1 Å². The molecule has 0 fully saturated rings. The maximum Gasteiger partial charge on any atom is 0.295 e. The summed E-state index contributed by atoms with van der Waals surface area (Å²) in [6.07, 6.45) is 0. The van der Waals surface area contributed by atoms with E-state index in [9.17, 15) is 13.5 Å². The first kappa shape index (κ1) is 10.7. The maximum absolute atomic E-state index is 10.9. The Morgan fingerprint density at radius 2 is 1.94 bits per heavy atom. The van der Waals surface area contributed by atoms with E-state index in [2.05, 4.69) is 6.07 Å².